The van der Waals surface area contributed by atoms with E-state index >= 15 is 0 Å². The lowest BCUT2D eigenvalue weighted by Crippen LogP contribution is -2.12. The molecular weight excluding hydrogens is 347 g/mol. The summed E-state index contributed by atoms with van der Waals surface area (Å²) in [7, 11) is 0. The quantitative estimate of drug-likeness (QED) is 0.715. The number of aliphatic hydroxyl groups excluding tert-OH is 1. The fraction of sp³-hybridized carbons (Fsp3) is 0.250. The standard InChI is InChI=1S/C12H11IN2OS/c1-7(16)6-15-12-8(5-14-15)2-3-10-9(12)4-11(13)17-10/h2-5,7,16H,6H2,1H3. The van der Waals surface area contributed by atoms with Gasteiger partial charge in [-0.3, -0.25) is 4.68 Å². The highest BCUT2D eigenvalue weighted by atomic mass is 127. The number of hydrogen-bond acceptors (Lipinski definition) is 3. The van der Waals surface area contributed by atoms with Crippen LogP contribution in [-0.4, -0.2) is 21.0 Å². The van der Waals surface area contributed by atoms with Crippen molar-refractivity contribution < 1.29 is 5.11 Å². The van der Waals surface area contributed by atoms with Crippen molar-refractivity contribution in [3.05, 3.63) is 27.3 Å². The average molecular weight is 358 g/mol. The van der Waals surface area contributed by atoms with Crippen LogP contribution < -0.4 is 0 Å². The number of thiophene rings is 1. The summed E-state index contributed by atoms with van der Waals surface area (Å²) in [5.74, 6) is 0. The second kappa shape index (κ2) is 4.22. The van der Waals surface area contributed by atoms with Crippen LogP contribution in [0.5, 0.6) is 0 Å². The Morgan fingerprint density at radius 2 is 2.35 bits per heavy atom. The van der Waals surface area contributed by atoms with Gasteiger partial charge in [0.2, 0.25) is 0 Å². The van der Waals surface area contributed by atoms with Crippen LogP contribution >= 0.6 is 33.9 Å². The van der Waals surface area contributed by atoms with E-state index in [0.29, 0.717) is 6.54 Å². The SMILES string of the molecule is CC(O)Cn1ncc2ccc3sc(I)cc3c21. The molecule has 0 aliphatic rings. The van der Waals surface area contributed by atoms with Crippen LogP contribution in [0.3, 0.4) is 0 Å². The van der Waals surface area contributed by atoms with Crippen molar-refractivity contribution in [1.82, 2.24) is 9.78 Å². The van der Waals surface area contributed by atoms with Gasteiger partial charge in [-0.2, -0.15) is 5.10 Å². The van der Waals surface area contributed by atoms with Crippen LogP contribution in [0.4, 0.5) is 0 Å². The second-order valence-electron chi connectivity index (χ2n) is 4.14. The lowest BCUT2D eigenvalue weighted by Gasteiger charge is -2.06. The summed E-state index contributed by atoms with van der Waals surface area (Å²) < 4.78 is 4.44. The van der Waals surface area contributed by atoms with Crippen molar-refractivity contribution in [2.24, 2.45) is 0 Å². The van der Waals surface area contributed by atoms with Crippen molar-refractivity contribution in [2.45, 2.75) is 19.6 Å². The highest BCUT2D eigenvalue weighted by Crippen LogP contribution is 2.32. The molecule has 5 heteroatoms. The predicted molar refractivity (Wildman–Crippen MR) is 79.5 cm³/mol. The van der Waals surface area contributed by atoms with Gasteiger partial charge in [0.15, 0.2) is 0 Å². The minimum atomic E-state index is -0.383. The predicted octanol–water partition coefficient (Wildman–Crippen LogP) is 3.24. The Balaban J connectivity index is 2.33. The molecule has 1 atom stereocenters. The molecule has 0 amide bonds. The molecule has 0 saturated heterocycles. The highest BCUT2D eigenvalue weighted by molar-refractivity contribution is 14.1. The molecule has 0 radical (unpaired) electrons. The molecule has 0 aliphatic carbocycles. The van der Waals surface area contributed by atoms with Crippen LogP contribution in [0.25, 0.3) is 21.0 Å². The fourth-order valence-electron chi connectivity index (χ4n) is 2.05. The van der Waals surface area contributed by atoms with Gasteiger partial charge in [0, 0.05) is 15.5 Å². The smallest absolute Gasteiger partial charge is 0.0770 e. The Morgan fingerprint density at radius 1 is 1.53 bits per heavy atom. The van der Waals surface area contributed by atoms with Gasteiger partial charge in [0.25, 0.3) is 0 Å². The topological polar surface area (TPSA) is 38.0 Å². The first-order valence-electron chi connectivity index (χ1n) is 5.37. The van der Waals surface area contributed by atoms with Gasteiger partial charge < -0.3 is 5.11 Å². The van der Waals surface area contributed by atoms with E-state index in [-0.39, 0.29) is 6.10 Å². The lowest BCUT2D eigenvalue weighted by atomic mass is 10.2. The Bertz CT molecular complexity index is 686. The number of nitrogens with zero attached hydrogens (tertiary/aromatic N) is 2. The number of halogens is 1. The summed E-state index contributed by atoms with van der Waals surface area (Å²) in [6.07, 6.45) is 1.48. The molecule has 3 nitrogen and oxygen atoms in total. The van der Waals surface area contributed by atoms with E-state index in [1.165, 1.54) is 13.0 Å². The van der Waals surface area contributed by atoms with E-state index in [4.69, 9.17) is 0 Å². The number of aliphatic hydroxyl groups is 1. The maximum atomic E-state index is 9.50. The minimum absolute atomic E-state index is 0.383. The van der Waals surface area contributed by atoms with Crippen molar-refractivity contribution in [2.75, 3.05) is 0 Å². The van der Waals surface area contributed by atoms with Gasteiger partial charge in [-0.15, -0.1) is 11.3 Å². The molecule has 1 aromatic carbocycles. The van der Waals surface area contributed by atoms with E-state index in [2.05, 4.69) is 45.9 Å². The van der Waals surface area contributed by atoms with Crippen molar-refractivity contribution in [3.63, 3.8) is 0 Å². The first-order valence-corrected chi connectivity index (χ1v) is 7.26. The van der Waals surface area contributed by atoms with E-state index in [9.17, 15) is 5.11 Å². The fourth-order valence-corrected chi connectivity index (χ4v) is 3.87. The third-order valence-electron chi connectivity index (χ3n) is 2.71. The van der Waals surface area contributed by atoms with Crippen LogP contribution in [0.1, 0.15) is 6.92 Å². The lowest BCUT2D eigenvalue weighted by molar-refractivity contribution is 0.170. The van der Waals surface area contributed by atoms with E-state index in [1.54, 1.807) is 18.3 Å². The molecule has 0 bridgehead atoms. The summed E-state index contributed by atoms with van der Waals surface area (Å²) in [6.45, 7) is 2.32. The molecule has 88 valence electrons. The first kappa shape index (κ1) is 11.4. The van der Waals surface area contributed by atoms with Gasteiger partial charge >= 0.3 is 0 Å². The average Bonchev–Trinajstić information content (AvgIpc) is 2.79. The third-order valence-corrected chi connectivity index (χ3v) is 4.57. The van der Waals surface area contributed by atoms with Gasteiger partial charge in [0.1, 0.15) is 0 Å². The molecule has 2 heterocycles. The Labute approximate surface area is 116 Å². The summed E-state index contributed by atoms with van der Waals surface area (Å²) >= 11 is 4.12. The first-order chi connectivity index (χ1) is 8.15. The molecule has 1 N–H and O–H groups in total. The highest BCUT2D eigenvalue weighted by Gasteiger charge is 2.10. The molecule has 3 rings (SSSR count). The van der Waals surface area contributed by atoms with Gasteiger partial charge in [-0.05, 0) is 47.7 Å². The molecule has 2 aromatic heterocycles. The number of hydrogen-bond donors (Lipinski definition) is 1. The van der Waals surface area contributed by atoms with E-state index < -0.39 is 0 Å². The van der Waals surface area contributed by atoms with Crippen molar-refractivity contribution in [1.29, 1.82) is 0 Å². The van der Waals surface area contributed by atoms with Crippen LogP contribution in [-0.2, 0) is 6.54 Å². The monoisotopic (exact) mass is 358 g/mol. The summed E-state index contributed by atoms with van der Waals surface area (Å²) in [5.41, 5.74) is 1.13. The molecule has 0 aliphatic heterocycles. The Morgan fingerprint density at radius 3 is 3.12 bits per heavy atom. The number of fused-ring (bicyclic) bond motifs is 3. The van der Waals surface area contributed by atoms with Crippen molar-refractivity contribution >= 4 is 54.9 Å². The summed E-state index contributed by atoms with van der Waals surface area (Å²) in [5, 5.41) is 16.2. The molecule has 1 unspecified atom stereocenters. The van der Waals surface area contributed by atoms with Crippen LogP contribution in [0.2, 0.25) is 0 Å². The second-order valence-corrected chi connectivity index (χ2v) is 7.12. The molecule has 0 fully saturated rings. The van der Waals surface area contributed by atoms with Crippen molar-refractivity contribution in [3.8, 4) is 0 Å². The normalized spacial score (nSPS) is 13.6. The molecule has 3 aromatic rings. The zero-order chi connectivity index (χ0) is 12.0. The van der Waals surface area contributed by atoms with Gasteiger partial charge in [-0.1, -0.05) is 0 Å². The largest absolute Gasteiger partial charge is 0.391 e. The zero-order valence-corrected chi connectivity index (χ0v) is 12.2. The van der Waals surface area contributed by atoms with Gasteiger partial charge in [0.05, 0.1) is 27.2 Å². The summed E-state index contributed by atoms with van der Waals surface area (Å²) in [4.78, 5) is 0. The maximum Gasteiger partial charge on any atom is 0.0770 e. The third kappa shape index (κ3) is 1.96. The number of benzene rings is 1. The molecule has 0 spiro atoms. The van der Waals surface area contributed by atoms with E-state index in [1.807, 2.05) is 10.9 Å². The zero-order valence-electron chi connectivity index (χ0n) is 9.22. The number of aromatic nitrogens is 2. The summed E-state index contributed by atoms with van der Waals surface area (Å²) in [6, 6.07) is 6.41. The minimum Gasteiger partial charge on any atom is -0.391 e. The van der Waals surface area contributed by atoms with Crippen LogP contribution in [0, 0.1) is 2.88 Å². The Kier molecular flexibility index (Phi) is 2.84. The Hall–Kier alpha value is -0.660. The molecule has 0 saturated carbocycles. The van der Waals surface area contributed by atoms with Gasteiger partial charge in [-0.25, -0.2) is 0 Å². The van der Waals surface area contributed by atoms with E-state index in [0.717, 1.165) is 10.9 Å². The maximum absolute atomic E-state index is 9.50. The number of rotatable bonds is 2. The molecular formula is C12H11IN2OS. The van der Waals surface area contributed by atoms with Crippen LogP contribution in [0.15, 0.2) is 24.4 Å². The molecule has 17 heavy (non-hydrogen) atoms.